The zero-order valence-corrected chi connectivity index (χ0v) is 11.4. The van der Waals surface area contributed by atoms with Crippen LogP contribution in [-0.2, 0) is 0 Å². The molecule has 0 aliphatic carbocycles. The van der Waals surface area contributed by atoms with Gasteiger partial charge in [0, 0.05) is 24.0 Å². The Labute approximate surface area is 111 Å². The second kappa shape index (κ2) is 5.46. The Bertz CT molecular complexity index is 508. The van der Waals surface area contributed by atoms with Gasteiger partial charge in [-0.2, -0.15) is 5.10 Å². The fourth-order valence-corrected chi connectivity index (χ4v) is 2.19. The van der Waals surface area contributed by atoms with Crippen LogP contribution in [0.2, 0.25) is 5.02 Å². The number of hydrogen-bond donors (Lipinski definition) is 1. The lowest BCUT2D eigenvalue weighted by molar-refractivity contribution is 0.483. The second-order valence-corrected chi connectivity index (χ2v) is 4.72. The summed E-state index contributed by atoms with van der Waals surface area (Å²) in [5.74, 6) is 0. The molecule has 0 bridgehead atoms. The summed E-state index contributed by atoms with van der Waals surface area (Å²) in [6.45, 7) is 4.14. The van der Waals surface area contributed by atoms with Gasteiger partial charge in [-0.05, 0) is 20.9 Å². The summed E-state index contributed by atoms with van der Waals surface area (Å²) >= 11 is 6.25. The largest absolute Gasteiger partial charge is 0.308 e. The highest BCUT2D eigenvalue weighted by Crippen LogP contribution is 2.29. The van der Waals surface area contributed by atoms with Crippen LogP contribution in [0.3, 0.4) is 0 Å². The maximum Gasteiger partial charge on any atom is 0.115 e. The van der Waals surface area contributed by atoms with Crippen LogP contribution in [0.1, 0.15) is 37.2 Å². The number of nitrogens with zero attached hydrogens (tertiary/aromatic N) is 4. The Morgan fingerprint density at radius 3 is 2.44 bits per heavy atom. The highest BCUT2D eigenvalue weighted by molar-refractivity contribution is 6.31. The SMILES string of the molecule is CNC(c1cncnc1)c1c(Cl)cnn1C(C)C. The van der Waals surface area contributed by atoms with Crippen LogP contribution in [0, 0.1) is 0 Å². The average Bonchev–Trinajstić information content (AvgIpc) is 2.74. The molecule has 0 saturated heterocycles. The van der Waals surface area contributed by atoms with Crippen molar-refractivity contribution in [3.05, 3.63) is 41.2 Å². The first kappa shape index (κ1) is 13.0. The van der Waals surface area contributed by atoms with E-state index in [4.69, 9.17) is 11.6 Å². The van der Waals surface area contributed by atoms with Crippen molar-refractivity contribution in [2.75, 3.05) is 7.05 Å². The average molecular weight is 266 g/mol. The molecule has 0 saturated carbocycles. The third-order valence-electron chi connectivity index (χ3n) is 2.75. The van der Waals surface area contributed by atoms with Gasteiger partial charge >= 0.3 is 0 Å². The van der Waals surface area contributed by atoms with E-state index in [1.165, 1.54) is 6.33 Å². The van der Waals surface area contributed by atoms with Crippen LogP contribution in [0.15, 0.2) is 24.9 Å². The predicted molar refractivity (Wildman–Crippen MR) is 70.6 cm³/mol. The number of halogens is 1. The Kier molecular flexibility index (Phi) is 3.93. The minimum absolute atomic E-state index is 0.0661. The first-order valence-electron chi connectivity index (χ1n) is 5.80. The molecule has 0 aliphatic rings. The Balaban J connectivity index is 2.48. The van der Waals surface area contributed by atoms with Crippen molar-refractivity contribution < 1.29 is 0 Å². The normalized spacial score (nSPS) is 12.9. The van der Waals surface area contributed by atoms with E-state index in [-0.39, 0.29) is 12.1 Å². The van der Waals surface area contributed by atoms with Gasteiger partial charge in [-0.15, -0.1) is 0 Å². The molecule has 1 atom stereocenters. The van der Waals surface area contributed by atoms with Gasteiger partial charge < -0.3 is 5.32 Å². The summed E-state index contributed by atoms with van der Waals surface area (Å²) in [5.41, 5.74) is 1.90. The zero-order valence-electron chi connectivity index (χ0n) is 10.6. The molecule has 0 spiro atoms. The predicted octanol–water partition coefficient (Wildman–Crippen LogP) is 2.22. The molecule has 2 rings (SSSR count). The fraction of sp³-hybridized carbons (Fsp3) is 0.417. The first-order chi connectivity index (χ1) is 8.65. The number of rotatable bonds is 4. The highest BCUT2D eigenvalue weighted by Gasteiger charge is 2.22. The van der Waals surface area contributed by atoms with Gasteiger partial charge in [0.2, 0.25) is 0 Å². The van der Waals surface area contributed by atoms with E-state index in [2.05, 4.69) is 34.2 Å². The lowest BCUT2D eigenvalue weighted by atomic mass is 10.1. The molecule has 0 radical (unpaired) electrons. The lowest BCUT2D eigenvalue weighted by Gasteiger charge is -2.20. The van der Waals surface area contributed by atoms with Gasteiger partial charge in [-0.3, -0.25) is 4.68 Å². The van der Waals surface area contributed by atoms with Crippen LogP contribution < -0.4 is 5.32 Å². The monoisotopic (exact) mass is 265 g/mol. The standard InChI is InChI=1S/C12H16ClN5/c1-8(2)18-12(10(13)6-17-18)11(14-3)9-4-15-7-16-5-9/h4-8,11,14H,1-3H3. The lowest BCUT2D eigenvalue weighted by Crippen LogP contribution is -2.23. The van der Waals surface area contributed by atoms with Crippen molar-refractivity contribution in [2.45, 2.75) is 25.9 Å². The Morgan fingerprint density at radius 2 is 1.89 bits per heavy atom. The maximum absolute atomic E-state index is 6.25. The van der Waals surface area contributed by atoms with E-state index in [0.29, 0.717) is 5.02 Å². The molecular weight excluding hydrogens is 250 g/mol. The van der Waals surface area contributed by atoms with E-state index in [1.807, 2.05) is 11.7 Å². The molecule has 0 amide bonds. The van der Waals surface area contributed by atoms with Crippen LogP contribution in [0.5, 0.6) is 0 Å². The van der Waals surface area contributed by atoms with Crippen LogP contribution >= 0.6 is 11.6 Å². The third-order valence-corrected chi connectivity index (χ3v) is 3.04. The zero-order chi connectivity index (χ0) is 13.1. The van der Waals surface area contributed by atoms with Gasteiger partial charge in [-0.1, -0.05) is 11.6 Å². The molecule has 2 heterocycles. The second-order valence-electron chi connectivity index (χ2n) is 4.31. The van der Waals surface area contributed by atoms with E-state index in [1.54, 1.807) is 18.6 Å². The molecule has 0 aliphatic heterocycles. The van der Waals surface area contributed by atoms with Crippen molar-refractivity contribution in [3.63, 3.8) is 0 Å². The summed E-state index contributed by atoms with van der Waals surface area (Å²) in [6.07, 6.45) is 6.74. The number of hydrogen-bond acceptors (Lipinski definition) is 4. The summed E-state index contributed by atoms with van der Waals surface area (Å²) in [4.78, 5) is 8.09. The van der Waals surface area contributed by atoms with Crippen LogP contribution in [0.25, 0.3) is 0 Å². The fourth-order valence-electron chi connectivity index (χ4n) is 1.95. The molecule has 5 nitrogen and oxygen atoms in total. The van der Waals surface area contributed by atoms with Crippen molar-refractivity contribution in [2.24, 2.45) is 0 Å². The highest BCUT2D eigenvalue weighted by atomic mass is 35.5. The maximum atomic E-state index is 6.25. The molecule has 6 heteroatoms. The molecule has 0 aromatic carbocycles. The minimum Gasteiger partial charge on any atom is -0.308 e. The molecule has 2 aromatic heterocycles. The van der Waals surface area contributed by atoms with E-state index in [9.17, 15) is 0 Å². The summed E-state index contributed by atoms with van der Waals surface area (Å²) in [5, 5.41) is 8.19. The molecular formula is C12H16ClN5. The van der Waals surface area contributed by atoms with E-state index >= 15 is 0 Å². The van der Waals surface area contributed by atoms with Crippen molar-refractivity contribution in [1.82, 2.24) is 25.1 Å². The Hall–Kier alpha value is -1.46. The smallest absolute Gasteiger partial charge is 0.115 e. The third kappa shape index (κ3) is 2.37. The number of nitrogens with one attached hydrogen (secondary N) is 1. The molecule has 96 valence electrons. The molecule has 2 aromatic rings. The van der Waals surface area contributed by atoms with Crippen molar-refractivity contribution in [3.8, 4) is 0 Å². The number of aromatic nitrogens is 4. The van der Waals surface area contributed by atoms with Crippen molar-refractivity contribution in [1.29, 1.82) is 0 Å². The molecule has 1 unspecified atom stereocenters. The molecule has 0 fully saturated rings. The molecule has 18 heavy (non-hydrogen) atoms. The van der Waals surface area contributed by atoms with Gasteiger partial charge in [0.1, 0.15) is 6.33 Å². The van der Waals surface area contributed by atoms with Gasteiger partial charge in [-0.25, -0.2) is 9.97 Å². The van der Waals surface area contributed by atoms with Crippen LogP contribution in [-0.4, -0.2) is 26.8 Å². The van der Waals surface area contributed by atoms with Gasteiger partial charge in [0.15, 0.2) is 0 Å². The van der Waals surface area contributed by atoms with Gasteiger partial charge in [0.05, 0.1) is 23.0 Å². The van der Waals surface area contributed by atoms with Crippen LogP contribution in [0.4, 0.5) is 0 Å². The Morgan fingerprint density at radius 1 is 1.22 bits per heavy atom. The van der Waals surface area contributed by atoms with Crippen molar-refractivity contribution >= 4 is 11.6 Å². The minimum atomic E-state index is -0.0661. The summed E-state index contributed by atoms with van der Waals surface area (Å²) in [6, 6.07) is 0.177. The topological polar surface area (TPSA) is 55.6 Å². The quantitative estimate of drug-likeness (QED) is 0.921. The van der Waals surface area contributed by atoms with Gasteiger partial charge in [0.25, 0.3) is 0 Å². The molecule has 1 N–H and O–H groups in total. The first-order valence-corrected chi connectivity index (χ1v) is 6.18. The summed E-state index contributed by atoms with van der Waals surface area (Å²) < 4.78 is 1.91. The van der Waals surface area contributed by atoms with E-state index < -0.39 is 0 Å². The van der Waals surface area contributed by atoms with E-state index in [0.717, 1.165) is 11.3 Å². The summed E-state index contributed by atoms with van der Waals surface area (Å²) in [7, 11) is 1.88.